The van der Waals surface area contributed by atoms with E-state index in [2.05, 4.69) is 24.8 Å². The van der Waals surface area contributed by atoms with E-state index in [1.54, 1.807) is 32.4 Å². The van der Waals surface area contributed by atoms with E-state index in [4.69, 9.17) is 9.47 Å². The lowest BCUT2D eigenvalue weighted by Gasteiger charge is -2.34. The van der Waals surface area contributed by atoms with Crippen molar-refractivity contribution < 1.29 is 14.3 Å². The molecular weight excluding hydrogens is 382 g/mol. The molecule has 1 fully saturated rings. The van der Waals surface area contributed by atoms with Crippen LogP contribution in [0, 0.1) is 0 Å². The molecular formula is C22H27N5O3. The summed E-state index contributed by atoms with van der Waals surface area (Å²) in [5.41, 5.74) is 1.48. The molecule has 3 aromatic rings. The van der Waals surface area contributed by atoms with E-state index < -0.39 is 0 Å². The Labute approximate surface area is 175 Å². The minimum absolute atomic E-state index is 0.0621. The SMILES string of the molecule is COc1ccc(OC)c(NC(=O)C(C)N2CCC(c3nnc4ccccn34)CC2)c1. The highest BCUT2D eigenvalue weighted by Crippen LogP contribution is 2.30. The van der Waals surface area contributed by atoms with Gasteiger partial charge < -0.3 is 14.8 Å². The summed E-state index contributed by atoms with van der Waals surface area (Å²) in [6.07, 6.45) is 3.89. The quantitative estimate of drug-likeness (QED) is 0.674. The highest BCUT2D eigenvalue weighted by molar-refractivity contribution is 5.96. The Balaban J connectivity index is 1.39. The van der Waals surface area contributed by atoms with Crippen LogP contribution in [0.2, 0.25) is 0 Å². The summed E-state index contributed by atoms with van der Waals surface area (Å²) in [4.78, 5) is 15.1. The second-order valence-corrected chi connectivity index (χ2v) is 7.53. The molecule has 1 aliphatic heterocycles. The maximum Gasteiger partial charge on any atom is 0.241 e. The molecule has 1 atom stereocenters. The predicted molar refractivity (Wildman–Crippen MR) is 114 cm³/mol. The first-order valence-corrected chi connectivity index (χ1v) is 10.2. The fraction of sp³-hybridized carbons (Fsp3) is 0.409. The molecule has 0 spiro atoms. The fourth-order valence-electron chi connectivity index (χ4n) is 4.00. The van der Waals surface area contributed by atoms with Gasteiger partial charge in [0.1, 0.15) is 17.3 Å². The summed E-state index contributed by atoms with van der Waals surface area (Å²) in [7, 11) is 3.18. The first-order valence-electron chi connectivity index (χ1n) is 10.2. The predicted octanol–water partition coefficient (Wildman–Crippen LogP) is 2.95. The number of fused-ring (bicyclic) bond motifs is 1. The molecule has 1 aromatic carbocycles. The molecule has 8 nitrogen and oxygen atoms in total. The Hall–Kier alpha value is -3.13. The van der Waals surface area contributed by atoms with Crippen LogP contribution in [0.3, 0.4) is 0 Å². The molecule has 8 heteroatoms. The van der Waals surface area contributed by atoms with Crippen molar-refractivity contribution in [2.45, 2.75) is 31.7 Å². The Morgan fingerprint density at radius 2 is 1.93 bits per heavy atom. The molecule has 1 saturated heterocycles. The minimum Gasteiger partial charge on any atom is -0.497 e. The zero-order chi connectivity index (χ0) is 21.1. The van der Waals surface area contributed by atoms with E-state index >= 15 is 0 Å². The van der Waals surface area contributed by atoms with Gasteiger partial charge in [-0.25, -0.2) is 0 Å². The third kappa shape index (κ3) is 3.95. The molecule has 2 aromatic heterocycles. The zero-order valence-electron chi connectivity index (χ0n) is 17.5. The first kappa shape index (κ1) is 20.2. The number of aromatic nitrogens is 3. The monoisotopic (exact) mass is 409 g/mol. The summed E-state index contributed by atoms with van der Waals surface area (Å²) in [6, 6.07) is 11.0. The first-order chi connectivity index (χ1) is 14.6. The lowest BCUT2D eigenvalue weighted by Crippen LogP contribution is -2.46. The van der Waals surface area contributed by atoms with Crippen LogP contribution in [0.25, 0.3) is 5.65 Å². The van der Waals surface area contributed by atoms with E-state index in [9.17, 15) is 4.79 Å². The molecule has 1 amide bonds. The summed E-state index contributed by atoms with van der Waals surface area (Å²) < 4.78 is 12.7. The van der Waals surface area contributed by atoms with Crippen LogP contribution < -0.4 is 14.8 Å². The van der Waals surface area contributed by atoms with Gasteiger partial charge in [-0.05, 0) is 57.1 Å². The molecule has 158 valence electrons. The summed E-state index contributed by atoms with van der Waals surface area (Å²) >= 11 is 0. The number of benzene rings is 1. The number of nitrogens with one attached hydrogen (secondary N) is 1. The number of ether oxygens (including phenoxy) is 2. The Morgan fingerprint density at radius 1 is 1.13 bits per heavy atom. The van der Waals surface area contributed by atoms with Crippen LogP contribution in [0.1, 0.15) is 31.5 Å². The van der Waals surface area contributed by atoms with Crippen molar-refractivity contribution in [2.75, 3.05) is 32.6 Å². The van der Waals surface area contributed by atoms with Crippen molar-refractivity contribution in [3.8, 4) is 11.5 Å². The van der Waals surface area contributed by atoms with Gasteiger partial charge in [0.15, 0.2) is 5.65 Å². The molecule has 0 bridgehead atoms. The Bertz CT molecular complexity index is 1030. The highest BCUT2D eigenvalue weighted by atomic mass is 16.5. The number of hydrogen-bond donors (Lipinski definition) is 1. The molecule has 1 N–H and O–H groups in total. The lowest BCUT2D eigenvalue weighted by molar-refractivity contribution is -0.121. The highest BCUT2D eigenvalue weighted by Gasteiger charge is 2.29. The van der Waals surface area contributed by atoms with E-state index in [1.807, 2.05) is 31.3 Å². The molecule has 0 radical (unpaired) electrons. The number of carbonyl (C=O) groups excluding carboxylic acids is 1. The number of nitrogens with zero attached hydrogens (tertiary/aromatic N) is 4. The van der Waals surface area contributed by atoms with Crippen LogP contribution in [0.4, 0.5) is 5.69 Å². The number of piperidine rings is 1. The van der Waals surface area contributed by atoms with Crippen molar-refractivity contribution in [3.63, 3.8) is 0 Å². The second-order valence-electron chi connectivity index (χ2n) is 7.53. The third-order valence-corrected chi connectivity index (χ3v) is 5.83. The Kier molecular flexibility index (Phi) is 5.85. The molecule has 1 aliphatic rings. The van der Waals surface area contributed by atoms with Crippen LogP contribution in [0.5, 0.6) is 11.5 Å². The Morgan fingerprint density at radius 3 is 2.67 bits per heavy atom. The number of hydrogen-bond acceptors (Lipinski definition) is 6. The van der Waals surface area contributed by atoms with Gasteiger partial charge in [0.2, 0.25) is 5.91 Å². The molecule has 1 unspecified atom stereocenters. The summed E-state index contributed by atoms with van der Waals surface area (Å²) in [5.74, 6) is 2.55. The normalized spacial score (nSPS) is 16.4. The summed E-state index contributed by atoms with van der Waals surface area (Å²) in [6.45, 7) is 3.60. The second kappa shape index (κ2) is 8.71. The van der Waals surface area contributed by atoms with Crippen LogP contribution >= 0.6 is 0 Å². The van der Waals surface area contributed by atoms with Crippen molar-refractivity contribution in [2.24, 2.45) is 0 Å². The van der Waals surface area contributed by atoms with Crippen molar-refractivity contribution >= 4 is 17.2 Å². The van der Waals surface area contributed by atoms with Crippen LogP contribution in [-0.4, -0.2) is 58.8 Å². The average molecular weight is 409 g/mol. The van der Waals surface area contributed by atoms with E-state index in [0.29, 0.717) is 23.1 Å². The standard InChI is InChI=1S/C22H27N5O3/c1-15(22(28)23-18-14-17(29-2)7-8-19(18)30-3)26-12-9-16(10-13-26)21-25-24-20-6-4-5-11-27(20)21/h4-8,11,14-16H,9-10,12-13H2,1-3H3,(H,23,28). The number of likely N-dealkylation sites (tertiary alicyclic amines) is 1. The molecule has 3 heterocycles. The fourth-order valence-corrected chi connectivity index (χ4v) is 4.00. The third-order valence-electron chi connectivity index (χ3n) is 5.83. The van der Waals surface area contributed by atoms with Crippen LogP contribution in [0.15, 0.2) is 42.6 Å². The molecule has 30 heavy (non-hydrogen) atoms. The number of carbonyl (C=O) groups is 1. The number of amides is 1. The van der Waals surface area contributed by atoms with Gasteiger partial charge in [0.05, 0.1) is 25.9 Å². The maximum absolute atomic E-state index is 12.9. The van der Waals surface area contributed by atoms with Gasteiger partial charge in [0.25, 0.3) is 0 Å². The van der Waals surface area contributed by atoms with Gasteiger partial charge >= 0.3 is 0 Å². The van der Waals surface area contributed by atoms with Crippen molar-refractivity contribution in [3.05, 3.63) is 48.4 Å². The van der Waals surface area contributed by atoms with Gasteiger partial charge in [-0.15, -0.1) is 10.2 Å². The van der Waals surface area contributed by atoms with Gasteiger partial charge in [-0.1, -0.05) is 6.07 Å². The minimum atomic E-state index is -0.253. The van der Waals surface area contributed by atoms with Crippen molar-refractivity contribution in [1.29, 1.82) is 0 Å². The molecule has 4 rings (SSSR count). The van der Waals surface area contributed by atoms with E-state index in [0.717, 1.165) is 37.4 Å². The largest absolute Gasteiger partial charge is 0.497 e. The number of pyridine rings is 1. The maximum atomic E-state index is 12.9. The lowest BCUT2D eigenvalue weighted by atomic mass is 9.95. The number of rotatable bonds is 6. The topological polar surface area (TPSA) is 81.0 Å². The molecule has 0 saturated carbocycles. The van der Waals surface area contributed by atoms with E-state index in [-0.39, 0.29) is 11.9 Å². The molecule has 0 aliphatic carbocycles. The number of anilines is 1. The van der Waals surface area contributed by atoms with Gasteiger partial charge in [0, 0.05) is 18.2 Å². The smallest absolute Gasteiger partial charge is 0.241 e. The average Bonchev–Trinajstić information content (AvgIpc) is 3.22. The van der Waals surface area contributed by atoms with Crippen LogP contribution in [-0.2, 0) is 4.79 Å². The van der Waals surface area contributed by atoms with Gasteiger partial charge in [-0.3, -0.25) is 14.1 Å². The van der Waals surface area contributed by atoms with Gasteiger partial charge in [-0.2, -0.15) is 0 Å². The summed E-state index contributed by atoms with van der Waals surface area (Å²) in [5, 5.41) is 11.7. The number of methoxy groups -OCH3 is 2. The zero-order valence-corrected chi connectivity index (χ0v) is 17.5. The van der Waals surface area contributed by atoms with Crippen molar-refractivity contribution in [1.82, 2.24) is 19.5 Å². The van der Waals surface area contributed by atoms with E-state index in [1.165, 1.54) is 0 Å².